The highest BCUT2D eigenvalue weighted by Crippen LogP contribution is 2.10. The van der Waals surface area contributed by atoms with E-state index in [4.69, 9.17) is 0 Å². The van der Waals surface area contributed by atoms with Crippen LogP contribution in [0.2, 0.25) is 0 Å². The molecule has 3 aromatic rings. The molecule has 0 fully saturated rings. The molecule has 0 saturated carbocycles. The van der Waals surface area contributed by atoms with Crippen LogP contribution in [0.3, 0.4) is 0 Å². The lowest BCUT2D eigenvalue weighted by molar-refractivity contribution is -0.131. The van der Waals surface area contributed by atoms with Gasteiger partial charge in [0.2, 0.25) is 5.91 Å². The molecule has 2 aromatic heterocycles. The van der Waals surface area contributed by atoms with Gasteiger partial charge in [0.1, 0.15) is 12.9 Å². The number of fused-ring (bicyclic) bond motifs is 1. The molecule has 0 N–H and O–H groups in total. The molecule has 0 unspecified atom stereocenters. The second-order valence-electron chi connectivity index (χ2n) is 6.33. The summed E-state index contributed by atoms with van der Waals surface area (Å²) in [5.74, 6) is 0.562. The number of pyridine rings is 1. The SMILES string of the molecule is CC(C)n1cnnc1CN(C)C(=O)Cn1ccc2ccccc2c1=O. The Hall–Kier alpha value is -2.96. The fourth-order valence-electron chi connectivity index (χ4n) is 2.73. The van der Waals surface area contributed by atoms with Crippen molar-refractivity contribution in [3.63, 3.8) is 0 Å². The minimum atomic E-state index is -0.162. The number of benzene rings is 1. The van der Waals surface area contributed by atoms with Crippen molar-refractivity contribution in [2.45, 2.75) is 33.0 Å². The number of nitrogens with zero attached hydrogens (tertiary/aromatic N) is 5. The molecule has 0 aliphatic carbocycles. The number of aromatic nitrogens is 4. The topological polar surface area (TPSA) is 73.0 Å². The monoisotopic (exact) mass is 339 g/mol. The van der Waals surface area contributed by atoms with Gasteiger partial charge >= 0.3 is 0 Å². The van der Waals surface area contributed by atoms with Crippen LogP contribution in [0.25, 0.3) is 10.8 Å². The van der Waals surface area contributed by atoms with Crippen LogP contribution in [0.5, 0.6) is 0 Å². The highest BCUT2D eigenvalue weighted by atomic mass is 16.2. The van der Waals surface area contributed by atoms with Gasteiger partial charge in [-0.05, 0) is 31.4 Å². The van der Waals surface area contributed by atoms with Crippen molar-refractivity contribution in [3.8, 4) is 0 Å². The lowest BCUT2D eigenvalue weighted by Gasteiger charge is -2.19. The third kappa shape index (κ3) is 3.45. The maximum absolute atomic E-state index is 12.5. The Morgan fingerprint density at radius 1 is 1.24 bits per heavy atom. The Morgan fingerprint density at radius 3 is 2.76 bits per heavy atom. The Kier molecular flexibility index (Phi) is 4.65. The van der Waals surface area contributed by atoms with Crippen molar-refractivity contribution in [1.82, 2.24) is 24.2 Å². The van der Waals surface area contributed by atoms with E-state index < -0.39 is 0 Å². The minimum absolute atomic E-state index is 0.00398. The summed E-state index contributed by atoms with van der Waals surface area (Å²) in [4.78, 5) is 26.6. The molecule has 0 aliphatic heterocycles. The van der Waals surface area contributed by atoms with E-state index in [0.29, 0.717) is 11.9 Å². The molecular formula is C18H21N5O2. The lowest BCUT2D eigenvalue weighted by Crippen LogP contribution is -2.34. The first-order chi connectivity index (χ1) is 12.0. The van der Waals surface area contributed by atoms with E-state index in [-0.39, 0.29) is 24.1 Å². The van der Waals surface area contributed by atoms with Crippen LogP contribution in [-0.4, -0.2) is 37.2 Å². The smallest absolute Gasteiger partial charge is 0.258 e. The second-order valence-corrected chi connectivity index (χ2v) is 6.33. The van der Waals surface area contributed by atoms with E-state index in [1.54, 1.807) is 30.5 Å². The molecule has 1 aromatic carbocycles. The summed E-state index contributed by atoms with van der Waals surface area (Å²) in [7, 11) is 1.70. The summed E-state index contributed by atoms with van der Waals surface area (Å²) in [6.07, 6.45) is 3.32. The molecule has 130 valence electrons. The van der Waals surface area contributed by atoms with Gasteiger partial charge in [-0.25, -0.2) is 0 Å². The second kappa shape index (κ2) is 6.88. The Balaban J connectivity index is 1.77. The maximum atomic E-state index is 12.5. The zero-order valence-corrected chi connectivity index (χ0v) is 14.6. The van der Waals surface area contributed by atoms with Crippen LogP contribution in [-0.2, 0) is 17.9 Å². The van der Waals surface area contributed by atoms with Gasteiger partial charge in [-0.15, -0.1) is 10.2 Å². The highest BCUT2D eigenvalue weighted by Gasteiger charge is 2.15. The largest absolute Gasteiger partial charge is 0.337 e. The van der Waals surface area contributed by atoms with Gasteiger partial charge in [-0.2, -0.15) is 0 Å². The average Bonchev–Trinajstić information content (AvgIpc) is 3.06. The Bertz CT molecular complexity index is 957. The van der Waals surface area contributed by atoms with Gasteiger partial charge in [0, 0.05) is 24.7 Å². The van der Waals surface area contributed by atoms with Crippen LogP contribution in [0.4, 0.5) is 0 Å². The molecule has 0 spiro atoms. The van der Waals surface area contributed by atoms with Gasteiger partial charge < -0.3 is 14.0 Å². The van der Waals surface area contributed by atoms with E-state index in [2.05, 4.69) is 10.2 Å². The molecule has 0 radical (unpaired) electrons. The first kappa shape index (κ1) is 16.9. The third-order valence-corrected chi connectivity index (χ3v) is 4.20. The van der Waals surface area contributed by atoms with E-state index in [0.717, 1.165) is 11.2 Å². The van der Waals surface area contributed by atoms with Crippen molar-refractivity contribution in [2.24, 2.45) is 0 Å². The van der Waals surface area contributed by atoms with Crippen molar-refractivity contribution in [1.29, 1.82) is 0 Å². The number of carbonyl (C=O) groups excluding carboxylic acids is 1. The summed E-state index contributed by atoms with van der Waals surface area (Å²) < 4.78 is 3.36. The summed E-state index contributed by atoms with van der Waals surface area (Å²) in [5.41, 5.74) is -0.162. The van der Waals surface area contributed by atoms with Gasteiger partial charge in [0.25, 0.3) is 5.56 Å². The fraction of sp³-hybridized carbons (Fsp3) is 0.333. The molecule has 0 atom stereocenters. The first-order valence-electron chi connectivity index (χ1n) is 8.18. The number of amides is 1. The highest BCUT2D eigenvalue weighted by molar-refractivity contribution is 5.82. The van der Waals surface area contributed by atoms with Crippen LogP contribution in [0.1, 0.15) is 25.7 Å². The predicted molar refractivity (Wildman–Crippen MR) is 95.1 cm³/mol. The van der Waals surface area contributed by atoms with Crippen molar-refractivity contribution in [3.05, 3.63) is 59.0 Å². The number of hydrogen-bond donors (Lipinski definition) is 0. The molecule has 25 heavy (non-hydrogen) atoms. The number of hydrogen-bond acceptors (Lipinski definition) is 4. The molecule has 7 nitrogen and oxygen atoms in total. The maximum Gasteiger partial charge on any atom is 0.258 e. The quantitative estimate of drug-likeness (QED) is 0.711. The Morgan fingerprint density at radius 2 is 2.00 bits per heavy atom. The molecule has 0 bridgehead atoms. The molecule has 2 heterocycles. The van der Waals surface area contributed by atoms with E-state index in [9.17, 15) is 9.59 Å². The number of rotatable bonds is 5. The van der Waals surface area contributed by atoms with Crippen LogP contribution in [0.15, 0.2) is 47.7 Å². The van der Waals surface area contributed by atoms with E-state index in [1.807, 2.05) is 42.7 Å². The van der Waals surface area contributed by atoms with Gasteiger partial charge in [-0.3, -0.25) is 9.59 Å². The zero-order chi connectivity index (χ0) is 18.0. The third-order valence-electron chi connectivity index (χ3n) is 4.20. The van der Waals surface area contributed by atoms with E-state index >= 15 is 0 Å². The predicted octanol–water partition coefficient (Wildman–Crippen LogP) is 1.83. The van der Waals surface area contributed by atoms with Gasteiger partial charge in [0.05, 0.1) is 6.54 Å². The standard InChI is InChI=1S/C18H21N5O2/c1-13(2)23-12-19-20-16(23)10-21(3)17(24)11-22-9-8-14-6-4-5-7-15(14)18(22)25/h4-9,12-13H,10-11H2,1-3H3. The van der Waals surface area contributed by atoms with E-state index in [1.165, 1.54) is 4.57 Å². The van der Waals surface area contributed by atoms with Crippen molar-refractivity contribution < 1.29 is 4.79 Å². The minimum Gasteiger partial charge on any atom is -0.337 e. The van der Waals surface area contributed by atoms with Gasteiger partial charge in [-0.1, -0.05) is 18.2 Å². The normalized spacial score (nSPS) is 11.2. The molecule has 7 heteroatoms. The van der Waals surface area contributed by atoms with Crippen molar-refractivity contribution >= 4 is 16.7 Å². The molecule has 0 saturated heterocycles. The number of carbonyl (C=O) groups is 1. The summed E-state index contributed by atoms with van der Waals surface area (Å²) >= 11 is 0. The molecule has 1 amide bonds. The van der Waals surface area contributed by atoms with Crippen molar-refractivity contribution in [2.75, 3.05) is 7.05 Å². The fourth-order valence-corrected chi connectivity index (χ4v) is 2.73. The summed E-state index contributed by atoms with van der Waals surface area (Å²) in [6.45, 7) is 4.40. The Labute approximate surface area is 145 Å². The first-order valence-corrected chi connectivity index (χ1v) is 8.18. The molecule has 0 aliphatic rings. The van der Waals surface area contributed by atoms with Gasteiger partial charge in [0.15, 0.2) is 5.82 Å². The zero-order valence-electron chi connectivity index (χ0n) is 14.6. The van der Waals surface area contributed by atoms with Crippen LogP contribution in [0, 0.1) is 0 Å². The van der Waals surface area contributed by atoms with Crippen LogP contribution >= 0.6 is 0 Å². The van der Waals surface area contributed by atoms with Crippen LogP contribution < -0.4 is 5.56 Å². The molecular weight excluding hydrogens is 318 g/mol. The molecule has 3 rings (SSSR count). The summed E-state index contributed by atoms with van der Waals surface area (Å²) in [6, 6.07) is 9.42. The number of likely N-dealkylation sites (N-methyl/N-ethyl adjacent to an activating group) is 1. The summed E-state index contributed by atoms with van der Waals surface area (Å²) in [5, 5.41) is 9.46. The average molecular weight is 339 g/mol. The lowest BCUT2D eigenvalue weighted by atomic mass is 10.2.